The molecule has 0 heterocycles. The third kappa shape index (κ3) is 15.1. The van der Waals surface area contributed by atoms with E-state index in [2.05, 4.69) is 10.6 Å². The zero-order valence-corrected chi connectivity index (χ0v) is 15.0. The van der Waals surface area contributed by atoms with Crippen LogP contribution in [-0.4, -0.2) is 52.8 Å². The molecule has 138 valence electrons. The lowest BCUT2D eigenvalue weighted by Crippen LogP contribution is -2.49. The van der Waals surface area contributed by atoms with Gasteiger partial charge in [0.1, 0.15) is 0 Å². The van der Waals surface area contributed by atoms with Crippen molar-refractivity contribution in [2.75, 3.05) is 11.5 Å². The first-order valence-corrected chi connectivity index (χ1v) is 7.93. The molecule has 0 radical (unpaired) electrons. The van der Waals surface area contributed by atoms with E-state index in [-0.39, 0.29) is 29.3 Å². The summed E-state index contributed by atoms with van der Waals surface area (Å²) in [7, 11) is 2.09. The van der Waals surface area contributed by atoms with Crippen molar-refractivity contribution in [3.63, 3.8) is 0 Å². The van der Waals surface area contributed by atoms with E-state index in [4.69, 9.17) is 0 Å². The molecule has 2 amide bonds. The average Bonchev–Trinajstić information content (AvgIpc) is 2.29. The predicted octanol–water partition coefficient (Wildman–Crippen LogP) is -3.20. The molecule has 0 spiro atoms. The van der Waals surface area contributed by atoms with Crippen molar-refractivity contribution in [1.82, 2.24) is 22.9 Å². The zero-order valence-electron chi connectivity index (χ0n) is 13.3. The van der Waals surface area contributed by atoms with Crippen LogP contribution in [0.25, 0.3) is 0 Å². The molecule has 23 heavy (non-hydrogen) atoms. The monoisotopic (exact) mass is 376 g/mol. The summed E-state index contributed by atoms with van der Waals surface area (Å²) in [5.41, 5.74) is 0. The largest absolute Gasteiger partial charge is 0.548 e. The van der Waals surface area contributed by atoms with Crippen molar-refractivity contribution in [3.05, 3.63) is 0 Å². The van der Waals surface area contributed by atoms with Crippen LogP contribution in [0.3, 0.4) is 0 Å². The lowest BCUT2D eigenvalue weighted by atomic mass is 10.3. The van der Waals surface area contributed by atoms with E-state index in [9.17, 15) is 29.4 Å². The second-order valence-electron chi connectivity index (χ2n) is 3.71. The number of carboxylic acid groups (broad SMARTS) is 2. The Morgan fingerprint density at radius 1 is 0.826 bits per heavy atom. The SMILES string of the molecule is CC(=O)N[C@@H](CSSC[C@H](NC(C)=O)C(=O)[O-])C(=O)[O-].O.[NH4+].[NH4+]. The van der Waals surface area contributed by atoms with Gasteiger partial charge in [0.15, 0.2) is 0 Å². The number of carbonyl (C=O) groups is 4. The highest BCUT2D eigenvalue weighted by Gasteiger charge is 2.14. The average molecular weight is 376 g/mol. The van der Waals surface area contributed by atoms with E-state index < -0.39 is 35.8 Å². The van der Waals surface area contributed by atoms with E-state index in [0.29, 0.717) is 0 Å². The normalized spacial score (nSPS) is 11.4. The molecule has 0 saturated heterocycles. The number of carbonyl (C=O) groups excluding carboxylic acids is 4. The van der Waals surface area contributed by atoms with Crippen molar-refractivity contribution in [2.24, 2.45) is 0 Å². The van der Waals surface area contributed by atoms with Crippen LogP contribution in [0.1, 0.15) is 13.8 Å². The molecule has 0 bridgehead atoms. The molecule has 0 aliphatic rings. The number of hydrogen-bond acceptors (Lipinski definition) is 8. The fourth-order valence-electron chi connectivity index (χ4n) is 1.06. The first-order valence-electron chi connectivity index (χ1n) is 5.44. The third-order valence-corrected chi connectivity index (χ3v) is 4.30. The second kappa shape index (κ2) is 15.4. The summed E-state index contributed by atoms with van der Waals surface area (Å²) in [5, 5.41) is 25.8. The van der Waals surface area contributed by atoms with Crippen LogP contribution in [0.4, 0.5) is 0 Å². The summed E-state index contributed by atoms with van der Waals surface area (Å²) in [5.74, 6) is -3.84. The summed E-state index contributed by atoms with van der Waals surface area (Å²) in [6.45, 7) is 2.35. The van der Waals surface area contributed by atoms with Crippen molar-refractivity contribution >= 4 is 45.3 Å². The van der Waals surface area contributed by atoms with Crippen LogP contribution in [0.15, 0.2) is 0 Å². The Labute approximate surface area is 141 Å². The van der Waals surface area contributed by atoms with Crippen molar-refractivity contribution in [1.29, 1.82) is 0 Å². The zero-order chi connectivity index (χ0) is 15.7. The summed E-state index contributed by atoms with van der Waals surface area (Å²) < 4.78 is 0. The van der Waals surface area contributed by atoms with Gasteiger partial charge in [-0.1, -0.05) is 21.6 Å². The first kappa shape index (κ1) is 29.5. The Morgan fingerprint density at radius 2 is 1.09 bits per heavy atom. The minimum absolute atomic E-state index is 0. The number of rotatable bonds is 9. The van der Waals surface area contributed by atoms with Crippen molar-refractivity contribution < 1.29 is 34.9 Å². The Kier molecular flexibility index (Phi) is 19.7. The first-order chi connectivity index (χ1) is 9.23. The van der Waals surface area contributed by atoms with Crippen molar-refractivity contribution in [2.45, 2.75) is 25.9 Å². The van der Waals surface area contributed by atoms with Gasteiger partial charge in [0, 0.05) is 25.4 Å². The van der Waals surface area contributed by atoms with Crippen LogP contribution in [0.5, 0.6) is 0 Å². The molecule has 0 saturated carbocycles. The van der Waals surface area contributed by atoms with Crippen LogP contribution in [-0.2, 0) is 19.2 Å². The lowest BCUT2D eigenvalue weighted by molar-refractivity contribution is -0.308. The Bertz CT molecular complexity index is 361. The number of aliphatic carboxylic acids is 2. The second-order valence-corrected chi connectivity index (χ2v) is 6.27. The maximum atomic E-state index is 10.8. The van der Waals surface area contributed by atoms with Crippen LogP contribution in [0.2, 0.25) is 0 Å². The van der Waals surface area contributed by atoms with Crippen molar-refractivity contribution in [3.8, 4) is 0 Å². The van der Waals surface area contributed by atoms with Gasteiger partial charge in [-0.25, -0.2) is 0 Å². The number of nitrogens with one attached hydrogen (secondary N) is 2. The minimum atomic E-state index is -1.42. The van der Waals surface area contributed by atoms with Gasteiger partial charge in [-0.05, 0) is 0 Å². The number of quaternary nitrogens is 2. The molecule has 0 aromatic carbocycles. The highest BCUT2D eigenvalue weighted by molar-refractivity contribution is 8.76. The Hall–Kier alpha value is -1.54. The maximum Gasteiger partial charge on any atom is 0.217 e. The van der Waals surface area contributed by atoms with Crippen LogP contribution in [0, 0.1) is 0 Å². The summed E-state index contributed by atoms with van der Waals surface area (Å²) in [6, 6.07) is -2.32. The molecular formula is C10H24N4O7S2. The van der Waals surface area contributed by atoms with Gasteiger partial charge < -0.3 is 48.2 Å². The molecular weight excluding hydrogens is 352 g/mol. The van der Waals surface area contributed by atoms with E-state index in [1.807, 2.05) is 0 Å². The number of amides is 2. The molecule has 11 nitrogen and oxygen atoms in total. The van der Waals surface area contributed by atoms with Gasteiger partial charge >= 0.3 is 0 Å². The molecule has 0 rings (SSSR count). The molecule has 0 aromatic rings. The number of carboxylic acids is 2. The molecule has 2 atom stereocenters. The predicted molar refractivity (Wildman–Crippen MR) is 85.7 cm³/mol. The van der Waals surface area contributed by atoms with Gasteiger partial charge in [-0.3, -0.25) is 9.59 Å². The topological polar surface area (TPSA) is 243 Å². The van der Waals surface area contributed by atoms with Gasteiger partial charge in [-0.15, -0.1) is 0 Å². The smallest absolute Gasteiger partial charge is 0.217 e. The molecule has 0 aliphatic carbocycles. The van der Waals surface area contributed by atoms with E-state index >= 15 is 0 Å². The summed E-state index contributed by atoms with van der Waals surface area (Å²) in [6.07, 6.45) is 0. The van der Waals surface area contributed by atoms with Crippen LogP contribution < -0.4 is 33.1 Å². The maximum absolute atomic E-state index is 10.8. The van der Waals surface area contributed by atoms with E-state index in [1.165, 1.54) is 13.8 Å². The molecule has 0 unspecified atom stereocenters. The molecule has 12 N–H and O–H groups in total. The van der Waals surface area contributed by atoms with E-state index in [1.54, 1.807) is 0 Å². The number of hydrogen-bond donors (Lipinski definition) is 4. The molecule has 0 fully saturated rings. The van der Waals surface area contributed by atoms with Crippen LogP contribution >= 0.6 is 21.6 Å². The quantitative estimate of drug-likeness (QED) is 0.235. The van der Waals surface area contributed by atoms with Gasteiger partial charge in [-0.2, -0.15) is 0 Å². The highest BCUT2D eigenvalue weighted by atomic mass is 33.1. The molecule has 0 aliphatic heterocycles. The highest BCUT2D eigenvalue weighted by Crippen LogP contribution is 2.22. The minimum Gasteiger partial charge on any atom is -0.548 e. The summed E-state index contributed by atoms with van der Waals surface area (Å²) >= 11 is 0. The lowest BCUT2D eigenvalue weighted by Gasteiger charge is -2.20. The fraction of sp³-hybridized carbons (Fsp3) is 0.600. The van der Waals surface area contributed by atoms with E-state index in [0.717, 1.165) is 21.6 Å². The standard InChI is InChI=1S/C10H16N2O6S2.2H3N.H2O/c1-5(13)11-7(9(15)16)3-19-20-4-8(10(17)18)12-6(2)14;;;/h7-8H,3-4H2,1-2H3,(H,11,13)(H,12,14)(H,15,16)(H,17,18);2*1H3;1H2/t7-,8-;;;/m0.../s1. The molecule has 0 aromatic heterocycles. The van der Waals surface area contributed by atoms with Gasteiger partial charge in [0.2, 0.25) is 11.8 Å². The Balaban J connectivity index is -0.000000602. The summed E-state index contributed by atoms with van der Waals surface area (Å²) in [4.78, 5) is 42.9. The fourth-order valence-corrected chi connectivity index (χ4v) is 3.36. The third-order valence-electron chi connectivity index (χ3n) is 1.88. The Morgan fingerprint density at radius 3 is 1.26 bits per heavy atom. The molecule has 13 heteroatoms. The van der Waals surface area contributed by atoms with Gasteiger partial charge in [0.25, 0.3) is 0 Å². The van der Waals surface area contributed by atoms with Gasteiger partial charge in [0.05, 0.1) is 24.0 Å².